The third-order valence-electron chi connectivity index (χ3n) is 3.24. The van der Waals surface area contributed by atoms with Crippen molar-refractivity contribution in [3.63, 3.8) is 0 Å². The molecule has 0 fully saturated rings. The summed E-state index contributed by atoms with van der Waals surface area (Å²) in [4.78, 5) is 29.0. The maximum absolute atomic E-state index is 12.0. The van der Waals surface area contributed by atoms with Crippen LogP contribution in [-0.2, 0) is 6.54 Å². The van der Waals surface area contributed by atoms with Crippen molar-refractivity contribution in [3.8, 4) is 5.75 Å². The number of rotatable bonds is 2. The smallest absolute Gasteiger partial charge is 0.358 e. The van der Waals surface area contributed by atoms with Crippen molar-refractivity contribution in [1.29, 1.82) is 0 Å². The van der Waals surface area contributed by atoms with Crippen LogP contribution in [0.3, 0.4) is 0 Å². The van der Waals surface area contributed by atoms with Crippen molar-refractivity contribution in [2.75, 3.05) is 27.2 Å². The molecule has 1 aliphatic rings. The zero-order valence-electron chi connectivity index (χ0n) is 10.8. The zero-order valence-corrected chi connectivity index (χ0v) is 10.8. The van der Waals surface area contributed by atoms with Crippen LogP contribution in [0, 0.1) is 0 Å². The first-order chi connectivity index (χ1) is 8.95. The van der Waals surface area contributed by atoms with E-state index in [1.165, 1.54) is 4.57 Å². The second kappa shape index (κ2) is 4.98. The molecule has 0 amide bonds. The van der Waals surface area contributed by atoms with Crippen LogP contribution in [0.25, 0.3) is 0 Å². The molecule has 2 rings (SSSR count). The quantitative estimate of drug-likeness (QED) is 0.621. The average Bonchev–Trinajstić information content (AvgIpc) is 2.52. The Balaban J connectivity index is 2.66. The molecule has 0 aromatic carbocycles. The fourth-order valence-corrected chi connectivity index (χ4v) is 2.17. The highest BCUT2D eigenvalue weighted by molar-refractivity contribution is 5.88. The predicted molar refractivity (Wildman–Crippen MR) is 66.4 cm³/mol. The average molecular weight is 268 g/mol. The lowest BCUT2D eigenvalue weighted by Gasteiger charge is -2.19. The summed E-state index contributed by atoms with van der Waals surface area (Å²) in [6, 6.07) is -0.265. The number of hydrogen-bond donors (Lipinski definition) is 3. The van der Waals surface area contributed by atoms with Crippen molar-refractivity contribution in [1.82, 2.24) is 19.8 Å². The molecule has 1 unspecified atom stereocenters. The van der Waals surface area contributed by atoms with Gasteiger partial charge >= 0.3 is 5.97 Å². The van der Waals surface area contributed by atoms with Gasteiger partial charge in [0.15, 0.2) is 5.69 Å². The van der Waals surface area contributed by atoms with Gasteiger partial charge in [0.1, 0.15) is 5.82 Å². The molecule has 104 valence electrons. The van der Waals surface area contributed by atoms with Gasteiger partial charge in [0.25, 0.3) is 5.56 Å². The summed E-state index contributed by atoms with van der Waals surface area (Å²) in [6.45, 7) is 1.59. The topological polar surface area (TPSA) is 108 Å². The van der Waals surface area contributed by atoms with E-state index in [4.69, 9.17) is 5.11 Å². The van der Waals surface area contributed by atoms with Crippen LogP contribution in [0.2, 0.25) is 0 Å². The van der Waals surface area contributed by atoms with Crippen LogP contribution >= 0.6 is 0 Å². The van der Waals surface area contributed by atoms with Crippen molar-refractivity contribution in [3.05, 3.63) is 21.9 Å². The van der Waals surface area contributed by atoms with E-state index < -0.39 is 23.0 Å². The Hall–Kier alpha value is -1.93. The molecule has 0 radical (unpaired) electrons. The second-order valence-corrected chi connectivity index (χ2v) is 4.53. The van der Waals surface area contributed by atoms with Gasteiger partial charge in [0.2, 0.25) is 5.75 Å². The normalized spacial score (nSPS) is 19.8. The van der Waals surface area contributed by atoms with Crippen LogP contribution in [0.1, 0.15) is 22.4 Å². The summed E-state index contributed by atoms with van der Waals surface area (Å²) in [6.07, 6.45) is 0. The van der Waals surface area contributed by atoms with E-state index in [0.29, 0.717) is 25.5 Å². The van der Waals surface area contributed by atoms with E-state index in [2.05, 4.69) is 10.3 Å². The summed E-state index contributed by atoms with van der Waals surface area (Å²) in [5.74, 6) is -1.88. The fourth-order valence-electron chi connectivity index (χ4n) is 2.17. The largest absolute Gasteiger partial charge is 0.501 e. The number of aromatic nitrogens is 2. The Labute approximate surface area is 109 Å². The zero-order chi connectivity index (χ0) is 14.2. The first-order valence-corrected chi connectivity index (χ1v) is 5.88. The number of nitrogens with zero attached hydrogens (tertiary/aromatic N) is 3. The minimum atomic E-state index is -1.41. The number of aromatic hydroxyl groups is 1. The van der Waals surface area contributed by atoms with Crippen LogP contribution in [0.15, 0.2) is 4.79 Å². The number of hydrogen-bond acceptors (Lipinski definition) is 6. The molecule has 0 saturated carbocycles. The van der Waals surface area contributed by atoms with Crippen molar-refractivity contribution < 1.29 is 15.0 Å². The van der Waals surface area contributed by atoms with Gasteiger partial charge in [-0.2, -0.15) is 0 Å². The fraction of sp³-hybridized carbons (Fsp3) is 0.545. The highest BCUT2D eigenvalue weighted by Crippen LogP contribution is 2.18. The molecule has 2 heterocycles. The molecule has 8 heteroatoms. The second-order valence-electron chi connectivity index (χ2n) is 4.53. The van der Waals surface area contributed by atoms with Gasteiger partial charge in [-0.15, -0.1) is 0 Å². The molecule has 0 saturated heterocycles. The SMILES string of the molecule is CNC1CN(C)CCn2c1nc(C(=O)O)c(O)c2=O. The van der Waals surface area contributed by atoms with E-state index in [9.17, 15) is 14.7 Å². The number of aromatic carboxylic acids is 1. The van der Waals surface area contributed by atoms with Crippen LogP contribution in [0.5, 0.6) is 5.75 Å². The van der Waals surface area contributed by atoms with Crippen LogP contribution in [0.4, 0.5) is 0 Å². The highest BCUT2D eigenvalue weighted by Gasteiger charge is 2.27. The minimum Gasteiger partial charge on any atom is -0.501 e. The molecule has 19 heavy (non-hydrogen) atoms. The first-order valence-electron chi connectivity index (χ1n) is 5.88. The molecule has 1 aliphatic heterocycles. The molecule has 0 aliphatic carbocycles. The van der Waals surface area contributed by atoms with E-state index in [-0.39, 0.29) is 6.04 Å². The number of carbonyl (C=O) groups is 1. The van der Waals surface area contributed by atoms with E-state index in [0.717, 1.165) is 0 Å². The number of nitrogens with one attached hydrogen (secondary N) is 1. The molecule has 3 N–H and O–H groups in total. The molecule has 0 bridgehead atoms. The Kier molecular flexibility index (Phi) is 3.54. The summed E-state index contributed by atoms with van der Waals surface area (Å²) >= 11 is 0. The Morgan fingerprint density at radius 3 is 2.74 bits per heavy atom. The third-order valence-corrected chi connectivity index (χ3v) is 3.24. The number of carboxylic acid groups (broad SMARTS) is 1. The summed E-state index contributed by atoms with van der Waals surface area (Å²) in [7, 11) is 3.62. The third kappa shape index (κ3) is 2.32. The summed E-state index contributed by atoms with van der Waals surface area (Å²) in [5.41, 5.74) is -1.31. The lowest BCUT2D eigenvalue weighted by Crippen LogP contribution is -2.33. The lowest BCUT2D eigenvalue weighted by molar-refractivity contribution is 0.0685. The Bertz CT molecular complexity index is 569. The Morgan fingerprint density at radius 1 is 1.47 bits per heavy atom. The first kappa shape index (κ1) is 13.5. The summed E-state index contributed by atoms with van der Waals surface area (Å²) < 4.78 is 1.33. The van der Waals surface area contributed by atoms with Crippen molar-refractivity contribution in [2.45, 2.75) is 12.6 Å². The van der Waals surface area contributed by atoms with E-state index in [1.807, 2.05) is 11.9 Å². The monoisotopic (exact) mass is 268 g/mol. The van der Waals surface area contributed by atoms with Gasteiger partial charge < -0.3 is 20.4 Å². The van der Waals surface area contributed by atoms with Crippen LogP contribution < -0.4 is 10.9 Å². The number of carboxylic acids is 1. The number of fused-ring (bicyclic) bond motifs is 1. The predicted octanol–water partition coefficient (Wildman–Crippen LogP) is -1.15. The van der Waals surface area contributed by atoms with Gasteiger partial charge in [-0.1, -0.05) is 0 Å². The molecular formula is C11H16N4O4. The maximum Gasteiger partial charge on any atom is 0.358 e. The molecule has 1 aromatic rings. The minimum absolute atomic E-state index is 0.265. The Morgan fingerprint density at radius 2 is 2.16 bits per heavy atom. The lowest BCUT2D eigenvalue weighted by atomic mass is 10.2. The number of likely N-dealkylation sites (N-methyl/N-ethyl adjacent to an activating group) is 2. The van der Waals surface area contributed by atoms with Crippen molar-refractivity contribution in [2.24, 2.45) is 0 Å². The van der Waals surface area contributed by atoms with Gasteiger partial charge in [-0.25, -0.2) is 9.78 Å². The van der Waals surface area contributed by atoms with Gasteiger partial charge in [0.05, 0.1) is 6.04 Å². The van der Waals surface area contributed by atoms with Crippen molar-refractivity contribution >= 4 is 5.97 Å². The molecule has 1 atom stereocenters. The molecule has 1 aromatic heterocycles. The van der Waals surface area contributed by atoms with Gasteiger partial charge in [0, 0.05) is 19.6 Å². The molecule has 0 spiro atoms. The molecular weight excluding hydrogens is 252 g/mol. The van der Waals surface area contributed by atoms with E-state index >= 15 is 0 Å². The van der Waals surface area contributed by atoms with Gasteiger partial charge in [-0.05, 0) is 14.1 Å². The summed E-state index contributed by atoms with van der Waals surface area (Å²) in [5, 5.41) is 21.6. The highest BCUT2D eigenvalue weighted by atomic mass is 16.4. The molecule has 8 nitrogen and oxygen atoms in total. The van der Waals surface area contributed by atoms with Crippen LogP contribution in [-0.4, -0.2) is 57.8 Å². The van der Waals surface area contributed by atoms with Gasteiger partial charge in [-0.3, -0.25) is 9.36 Å². The maximum atomic E-state index is 12.0. The van der Waals surface area contributed by atoms with E-state index in [1.54, 1.807) is 7.05 Å². The standard InChI is InChI=1S/C11H16N4O4/c1-12-6-5-14(2)3-4-15-9(6)13-7(11(18)19)8(16)10(15)17/h6,12,16H,3-5H2,1-2H3,(H,18,19).